The predicted molar refractivity (Wildman–Crippen MR) is 79.0 cm³/mol. The molecule has 1 unspecified atom stereocenters. The van der Waals surface area contributed by atoms with Gasteiger partial charge in [0.2, 0.25) is 11.8 Å². The molecule has 0 spiro atoms. The zero-order valence-electron chi connectivity index (χ0n) is 12.9. The highest BCUT2D eigenvalue weighted by Gasteiger charge is 2.42. The second-order valence-corrected chi connectivity index (χ2v) is 6.85. The van der Waals surface area contributed by atoms with E-state index in [1.165, 1.54) is 0 Å². The van der Waals surface area contributed by atoms with Gasteiger partial charge in [-0.3, -0.25) is 14.4 Å². The van der Waals surface area contributed by atoms with Crippen LogP contribution in [0.5, 0.6) is 0 Å². The molecular formula is C16H24N2O4. The summed E-state index contributed by atoms with van der Waals surface area (Å²) in [6, 6.07) is -0.807. The van der Waals surface area contributed by atoms with Crippen molar-refractivity contribution in [2.45, 2.75) is 51.0 Å². The highest BCUT2D eigenvalue weighted by molar-refractivity contribution is 5.92. The summed E-state index contributed by atoms with van der Waals surface area (Å²) in [4.78, 5) is 39.7. The van der Waals surface area contributed by atoms with Crippen molar-refractivity contribution in [3.8, 4) is 0 Å². The lowest BCUT2D eigenvalue weighted by molar-refractivity contribution is -0.157. The summed E-state index contributed by atoms with van der Waals surface area (Å²) in [6.07, 6.45) is 5.87. The fraction of sp³-hybridized carbons (Fsp3) is 0.812. The number of amides is 2. The summed E-state index contributed by atoms with van der Waals surface area (Å²) < 4.78 is 0. The smallest absolute Gasteiger partial charge is 0.305 e. The Morgan fingerprint density at radius 3 is 2.36 bits per heavy atom. The van der Waals surface area contributed by atoms with Gasteiger partial charge in [0.15, 0.2) is 0 Å². The number of carbonyl (C=O) groups excluding carboxylic acids is 2. The summed E-state index contributed by atoms with van der Waals surface area (Å²) >= 11 is 0. The largest absolute Gasteiger partial charge is 0.481 e. The highest BCUT2D eigenvalue weighted by Crippen LogP contribution is 2.32. The molecule has 6 heteroatoms. The minimum absolute atomic E-state index is 0.0110. The second kappa shape index (κ2) is 6.26. The van der Waals surface area contributed by atoms with Crippen molar-refractivity contribution < 1.29 is 19.5 Å². The van der Waals surface area contributed by atoms with E-state index in [1.807, 2.05) is 0 Å². The van der Waals surface area contributed by atoms with Crippen molar-refractivity contribution in [1.29, 1.82) is 0 Å². The number of hydrogen-bond donors (Lipinski definition) is 1. The standard InChI is InChI=1S/C16H24N2O4/c19-14(20)9-13-16(22)17(10-11-5-6-11)7-8-18(13)15(21)12-3-1-2-4-12/h11-13H,1-10H2,(H,19,20). The van der Waals surface area contributed by atoms with Gasteiger partial charge in [0.1, 0.15) is 6.04 Å². The quantitative estimate of drug-likeness (QED) is 0.825. The molecule has 1 saturated heterocycles. The Labute approximate surface area is 130 Å². The topological polar surface area (TPSA) is 77.9 Å². The van der Waals surface area contributed by atoms with Crippen LogP contribution in [0.25, 0.3) is 0 Å². The number of hydrogen-bond acceptors (Lipinski definition) is 3. The molecule has 3 aliphatic rings. The Bertz CT molecular complexity index is 469. The normalized spacial score (nSPS) is 26.5. The molecule has 0 radical (unpaired) electrons. The lowest BCUT2D eigenvalue weighted by atomic mass is 10.0. The van der Waals surface area contributed by atoms with E-state index >= 15 is 0 Å². The van der Waals surface area contributed by atoms with Crippen molar-refractivity contribution in [1.82, 2.24) is 9.80 Å². The first-order valence-corrected chi connectivity index (χ1v) is 8.37. The minimum atomic E-state index is -1.02. The molecule has 22 heavy (non-hydrogen) atoms. The third-order valence-corrected chi connectivity index (χ3v) is 5.11. The Hall–Kier alpha value is -1.59. The van der Waals surface area contributed by atoms with Crippen LogP contribution in [0.15, 0.2) is 0 Å². The van der Waals surface area contributed by atoms with Gasteiger partial charge in [-0.2, -0.15) is 0 Å². The third-order valence-electron chi connectivity index (χ3n) is 5.11. The fourth-order valence-corrected chi connectivity index (χ4v) is 3.67. The van der Waals surface area contributed by atoms with Crippen molar-refractivity contribution in [2.24, 2.45) is 11.8 Å². The van der Waals surface area contributed by atoms with Gasteiger partial charge in [0.05, 0.1) is 6.42 Å². The zero-order chi connectivity index (χ0) is 15.7. The van der Waals surface area contributed by atoms with Crippen LogP contribution in [-0.4, -0.2) is 58.4 Å². The molecule has 3 rings (SSSR count). The highest BCUT2D eigenvalue weighted by atomic mass is 16.4. The van der Waals surface area contributed by atoms with Gasteiger partial charge in [-0.15, -0.1) is 0 Å². The number of rotatable bonds is 5. The van der Waals surface area contributed by atoms with Gasteiger partial charge in [-0.05, 0) is 31.6 Å². The molecule has 1 atom stereocenters. The second-order valence-electron chi connectivity index (χ2n) is 6.85. The first kappa shape index (κ1) is 15.3. The average Bonchev–Trinajstić information content (AvgIpc) is 3.12. The van der Waals surface area contributed by atoms with E-state index < -0.39 is 12.0 Å². The Balaban J connectivity index is 1.71. The van der Waals surface area contributed by atoms with Crippen molar-refractivity contribution >= 4 is 17.8 Å². The first-order chi connectivity index (χ1) is 10.6. The van der Waals surface area contributed by atoms with Crippen LogP contribution < -0.4 is 0 Å². The van der Waals surface area contributed by atoms with Gasteiger partial charge in [0.25, 0.3) is 0 Å². The van der Waals surface area contributed by atoms with E-state index in [1.54, 1.807) is 9.80 Å². The Morgan fingerprint density at radius 1 is 1.09 bits per heavy atom. The number of nitrogens with zero attached hydrogens (tertiary/aromatic N) is 2. The van der Waals surface area contributed by atoms with E-state index in [-0.39, 0.29) is 24.2 Å². The molecule has 2 saturated carbocycles. The maximum atomic E-state index is 12.6. The van der Waals surface area contributed by atoms with Crippen molar-refractivity contribution in [2.75, 3.05) is 19.6 Å². The van der Waals surface area contributed by atoms with Gasteiger partial charge in [-0.25, -0.2) is 0 Å². The molecule has 1 aliphatic heterocycles. The summed E-state index contributed by atoms with van der Waals surface area (Å²) in [5, 5.41) is 9.12. The van der Waals surface area contributed by atoms with Crippen LogP contribution in [0.4, 0.5) is 0 Å². The molecule has 2 amide bonds. The number of piperazine rings is 1. The molecule has 0 bridgehead atoms. The van der Waals surface area contributed by atoms with Crippen LogP contribution in [0.2, 0.25) is 0 Å². The molecule has 0 aromatic carbocycles. The van der Waals surface area contributed by atoms with Crippen molar-refractivity contribution in [3.63, 3.8) is 0 Å². The van der Waals surface area contributed by atoms with E-state index in [4.69, 9.17) is 5.11 Å². The van der Waals surface area contributed by atoms with E-state index in [9.17, 15) is 14.4 Å². The van der Waals surface area contributed by atoms with E-state index in [2.05, 4.69) is 0 Å². The van der Waals surface area contributed by atoms with Crippen molar-refractivity contribution in [3.05, 3.63) is 0 Å². The SMILES string of the molecule is O=C(O)CC1C(=O)N(CC2CC2)CCN1C(=O)C1CCCC1. The van der Waals surface area contributed by atoms with Gasteiger partial charge in [0, 0.05) is 25.6 Å². The molecule has 1 heterocycles. The number of carboxylic acids is 1. The predicted octanol–water partition coefficient (Wildman–Crippen LogP) is 1.10. The first-order valence-electron chi connectivity index (χ1n) is 8.37. The summed E-state index contributed by atoms with van der Waals surface area (Å²) in [6.45, 7) is 1.75. The van der Waals surface area contributed by atoms with Gasteiger partial charge < -0.3 is 14.9 Å². The molecule has 2 aliphatic carbocycles. The zero-order valence-corrected chi connectivity index (χ0v) is 12.9. The molecule has 0 aromatic rings. The Kier molecular flexibility index (Phi) is 4.36. The maximum Gasteiger partial charge on any atom is 0.305 e. The van der Waals surface area contributed by atoms with Crippen LogP contribution in [0.1, 0.15) is 44.9 Å². The lowest BCUT2D eigenvalue weighted by Gasteiger charge is -2.41. The molecule has 6 nitrogen and oxygen atoms in total. The Morgan fingerprint density at radius 2 is 1.77 bits per heavy atom. The van der Waals surface area contributed by atoms with E-state index in [0.717, 1.165) is 45.1 Å². The number of aliphatic carboxylic acids is 1. The summed E-state index contributed by atoms with van der Waals surface area (Å²) in [5.74, 6) is -0.642. The molecule has 3 fully saturated rings. The van der Waals surface area contributed by atoms with E-state index in [0.29, 0.717) is 19.0 Å². The fourth-order valence-electron chi connectivity index (χ4n) is 3.67. The van der Waals surface area contributed by atoms with Gasteiger partial charge in [-0.1, -0.05) is 12.8 Å². The molecule has 122 valence electrons. The summed E-state index contributed by atoms with van der Waals surface area (Å²) in [5.41, 5.74) is 0. The van der Waals surface area contributed by atoms with Crippen LogP contribution in [-0.2, 0) is 14.4 Å². The average molecular weight is 308 g/mol. The third kappa shape index (κ3) is 3.25. The monoisotopic (exact) mass is 308 g/mol. The molecule has 1 N–H and O–H groups in total. The number of carboxylic acid groups (broad SMARTS) is 1. The molecule has 0 aromatic heterocycles. The van der Waals surface area contributed by atoms with Gasteiger partial charge >= 0.3 is 5.97 Å². The molecular weight excluding hydrogens is 284 g/mol. The number of carbonyl (C=O) groups is 3. The van der Waals surface area contributed by atoms with Crippen LogP contribution >= 0.6 is 0 Å². The maximum absolute atomic E-state index is 12.6. The summed E-state index contributed by atoms with van der Waals surface area (Å²) in [7, 11) is 0. The van der Waals surface area contributed by atoms with Crippen LogP contribution in [0, 0.1) is 11.8 Å². The van der Waals surface area contributed by atoms with Crippen LogP contribution in [0.3, 0.4) is 0 Å². The minimum Gasteiger partial charge on any atom is -0.481 e. The lowest BCUT2D eigenvalue weighted by Crippen LogP contribution is -2.60.